The van der Waals surface area contributed by atoms with Gasteiger partial charge in [0.05, 0.1) is 6.26 Å². The molecule has 0 radical (unpaired) electrons. The van der Waals surface area contributed by atoms with Crippen LogP contribution in [0.1, 0.15) is 36.3 Å². The van der Waals surface area contributed by atoms with E-state index in [1.165, 1.54) is 11.1 Å². The predicted octanol–water partition coefficient (Wildman–Crippen LogP) is 4.52. The summed E-state index contributed by atoms with van der Waals surface area (Å²) in [4.78, 5) is 0. The van der Waals surface area contributed by atoms with Gasteiger partial charge in [0.2, 0.25) is 0 Å². The summed E-state index contributed by atoms with van der Waals surface area (Å²) in [7, 11) is 0. The lowest BCUT2D eigenvalue weighted by Crippen LogP contribution is -2.24. The molecule has 0 bridgehead atoms. The number of benzene rings is 1. The van der Waals surface area contributed by atoms with Gasteiger partial charge < -0.3 is 9.73 Å². The zero-order chi connectivity index (χ0) is 13.7. The number of nitrogens with one attached hydrogen (secondary N) is 1. The molecule has 1 aromatic carbocycles. The van der Waals surface area contributed by atoms with Crippen LogP contribution in [0.15, 0.2) is 41.0 Å². The van der Waals surface area contributed by atoms with Crippen LogP contribution in [-0.2, 0) is 6.42 Å². The fourth-order valence-corrected chi connectivity index (χ4v) is 2.48. The van der Waals surface area contributed by atoms with Crippen molar-refractivity contribution in [2.75, 3.05) is 6.54 Å². The summed E-state index contributed by atoms with van der Waals surface area (Å²) in [5, 5.41) is 4.37. The molecule has 0 aliphatic carbocycles. The van der Waals surface area contributed by atoms with Gasteiger partial charge in [-0.3, -0.25) is 0 Å². The van der Waals surface area contributed by atoms with Gasteiger partial charge in [0, 0.05) is 16.6 Å². The zero-order valence-electron chi connectivity index (χ0n) is 11.4. The standard InChI is InChI=1S/C16H20ClNO/c1-3-8-18-16(15-7-9-19-12(15)2)11-13-5-4-6-14(17)10-13/h4-7,9-10,16,18H,3,8,11H2,1-2H3. The molecule has 0 saturated carbocycles. The van der Waals surface area contributed by atoms with E-state index < -0.39 is 0 Å². The normalized spacial score (nSPS) is 12.6. The molecule has 0 amide bonds. The largest absolute Gasteiger partial charge is 0.469 e. The lowest BCUT2D eigenvalue weighted by molar-refractivity contribution is 0.494. The number of furan rings is 1. The number of halogens is 1. The van der Waals surface area contributed by atoms with Gasteiger partial charge in [0.15, 0.2) is 0 Å². The van der Waals surface area contributed by atoms with Crippen LogP contribution in [0.2, 0.25) is 5.02 Å². The Balaban J connectivity index is 2.16. The third-order valence-electron chi connectivity index (χ3n) is 3.24. The molecule has 0 aliphatic heterocycles. The molecule has 1 atom stereocenters. The predicted molar refractivity (Wildman–Crippen MR) is 79.6 cm³/mol. The maximum absolute atomic E-state index is 6.05. The van der Waals surface area contributed by atoms with Crippen molar-refractivity contribution >= 4 is 11.6 Å². The van der Waals surface area contributed by atoms with Gasteiger partial charge in [0.25, 0.3) is 0 Å². The van der Waals surface area contributed by atoms with Crippen LogP contribution in [0.5, 0.6) is 0 Å². The van der Waals surface area contributed by atoms with Crippen LogP contribution in [0.25, 0.3) is 0 Å². The van der Waals surface area contributed by atoms with Crippen molar-refractivity contribution < 1.29 is 4.42 Å². The SMILES string of the molecule is CCCNC(Cc1cccc(Cl)c1)c1ccoc1C. The molecule has 1 N–H and O–H groups in total. The third kappa shape index (κ3) is 3.85. The first-order chi connectivity index (χ1) is 9.20. The Bertz CT molecular complexity index is 521. The van der Waals surface area contributed by atoms with Crippen molar-refractivity contribution in [2.24, 2.45) is 0 Å². The van der Waals surface area contributed by atoms with Crippen LogP contribution < -0.4 is 5.32 Å². The smallest absolute Gasteiger partial charge is 0.105 e. The van der Waals surface area contributed by atoms with Crippen LogP contribution in [0.4, 0.5) is 0 Å². The highest BCUT2D eigenvalue weighted by atomic mass is 35.5. The fourth-order valence-electron chi connectivity index (χ4n) is 2.27. The lowest BCUT2D eigenvalue weighted by atomic mass is 9.99. The Hall–Kier alpha value is -1.25. The van der Waals surface area contributed by atoms with E-state index in [0.717, 1.165) is 30.2 Å². The molecule has 1 unspecified atom stereocenters. The molecule has 1 aromatic heterocycles. The second-order valence-electron chi connectivity index (χ2n) is 4.77. The minimum absolute atomic E-state index is 0.275. The highest BCUT2D eigenvalue weighted by Gasteiger charge is 2.15. The van der Waals surface area contributed by atoms with Crippen molar-refractivity contribution in [3.8, 4) is 0 Å². The highest BCUT2D eigenvalue weighted by molar-refractivity contribution is 6.30. The topological polar surface area (TPSA) is 25.2 Å². The van der Waals surface area contributed by atoms with E-state index in [4.69, 9.17) is 16.0 Å². The fraction of sp³-hybridized carbons (Fsp3) is 0.375. The quantitative estimate of drug-likeness (QED) is 0.839. The third-order valence-corrected chi connectivity index (χ3v) is 3.48. The average molecular weight is 278 g/mol. The molecule has 102 valence electrons. The highest BCUT2D eigenvalue weighted by Crippen LogP contribution is 2.24. The molecule has 2 aromatic rings. The van der Waals surface area contributed by atoms with Crippen molar-refractivity contribution in [3.63, 3.8) is 0 Å². The summed E-state index contributed by atoms with van der Waals surface area (Å²) < 4.78 is 5.42. The number of hydrogen-bond donors (Lipinski definition) is 1. The summed E-state index contributed by atoms with van der Waals surface area (Å²) in [5.74, 6) is 0.982. The Labute approximate surface area is 119 Å². The summed E-state index contributed by atoms with van der Waals surface area (Å²) in [6.45, 7) is 5.18. The van der Waals surface area contributed by atoms with E-state index in [-0.39, 0.29) is 6.04 Å². The molecule has 0 aliphatic rings. The summed E-state index contributed by atoms with van der Waals surface area (Å²) in [6.07, 6.45) is 3.78. The monoisotopic (exact) mass is 277 g/mol. The van der Waals surface area contributed by atoms with Crippen LogP contribution in [0.3, 0.4) is 0 Å². The summed E-state index contributed by atoms with van der Waals surface area (Å²) in [5.41, 5.74) is 2.47. The van der Waals surface area contributed by atoms with Crippen molar-refractivity contribution in [3.05, 3.63) is 58.5 Å². The van der Waals surface area contributed by atoms with Gasteiger partial charge in [0.1, 0.15) is 5.76 Å². The van der Waals surface area contributed by atoms with E-state index in [1.807, 2.05) is 31.2 Å². The Morgan fingerprint density at radius 3 is 2.79 bits per heavy atom. The van der Waals surface area contributed by atoms with Crippen molar-refractivity contribution in [2.45, 2.75) is 32.7 Å². The van der Waals surface area contributed by atoms with E-state index >= 15 is 0 Å². The molecule has 2 rings (SSSR count). The van der Waals surface area contributed by atoms with Gasteiger partial charge >= 0.3 is 0 Å². The molecule has 19 heavy (non-hydrogen) atoms. The molecule has 0 spiro atoms. The molecular weight excluding hydrogens is 258 g/mol. The van der Waals surface area contributed by atoms with Gasteiger partial charge in [-0.05, 0) is 50.1 Å². The maximum Gasteiger partial charge on any atom is 0.105 e. The second kappa shape index (κ2) is 6.78. The summed E-state index contributed by atoms with van der Waals surface area (Å²) >= 11 is 6.05. The van der Waals surface area contributed by atoms with Gasteiger partial charge in [-0.25, -0.2) is 0 Å². The van der Waals surface area contributed by atoms with Gasteiger partial charge in [-0.2, -0.15) is 0 Å². The van der Waals surface area contributed by atoms with Crippen LogP contribution in [-0.4, -0.2) is 6.54 Å². The average Bonchev–Trinajstić information content (AvgIpc) is 2.81. The maximum atomic E-state index is 6.05. The van der Waals surface area contributed by atoms with E-state index in [9.17, 15) is 0 Å². The molecule has 3 heteroatoms. The van der Waals surface area contributed by atoms with E-state index in [0.29, 0.717) is 0 Å². The van der Waals surface area contributed by atoms with Crippen molar-refractivity contribution in [1.82, 2.24) is 5.32 Å². The van der Waals surface area contributed by atoms with E-state index in [1.54, 1.807) is 6.26 Å². The molecular formula is C16H20ClNO. The Morgan fingerprint density at radius 2 is 2.16 bits per heavy atom. The van der Waals surface area contributed by atoms with Gasteiger partial charge in [-0.1, -0.05) is 30.7 Å². The zero-order valence-corrected chi connectivity index (χ0v) is 12.2. The minimum atomic E-state index is 0.275. The molecule has 0 fully saturated rings. The van der Waals surface area contributed by atoms with Crippen LogP contribution >= 0.6 is 11.6 Å². The molecule has 0 saturated heterocycles. The Kier molecular flexibility index (Phi) is 5.06. The summed E-state index contributed by atoms with van der Waals surface area (Å²) in [6, 6.07) is 10.4. The van der Waals surface area contributed by atoms with E-state index in [2.05, 4.69) is 18.3 Å². The number of aryl methyl sites for hydroxylation is 1. The first kappa shape index (κ1) is 14.2. The van der Waals surface area contributed by atoms with Crippen molar-refractivity contribution in [1.29, 1.82) is 0 Å². The van der Waals surface area contributed by atoms with Crippen LogP contribution in [0, 0.1) is 6.92 Å². The minimum Gasteiger partial charge on any atom is -0.469 e. The Morgan fingerprint density at radius 1 is 1.32 bits per heavy atom. The van der Waals surface area contributed by atoms with Gasteiger partial charge in [-0.15, -0.1) is 0 Å². The first-order valence-corrected chi connectivity index (χ1v) is 7.10. The molecule has 1 heterocycles. The molecule has 2 nitrogen and oxygen atoms in total. The number of hydrogen-bond acceptors (Lipinski definition) is 2. The lowest BCUT2D eigenvalue weighted by Gasteiger charge is -2.18. The second-order valence-corrected chi connectivity index (χ2v) is 5.21. The first-order valence-electron chi connectivity index (χ1n) is 6.72. The number of rotatable bonds is 6.